The van der Waals surface area contributed by atoms with E-state index >= 15 is 0 Å². The van der Waals surface area contributed by atoms with Crippen LogP contribution < -0.4 is 14.8 Å². The van der Waals surface area contributed by atoms with Crippen molar-refractivity contribution in [2.75, 3.05) is 26.1 Å². The number of aliphatic hydroxyl groups excluding tert-OH is 1. The number of rotatable bonds is 6. The Morgan fingerprint density at radius 1 is 1.30 bits per heavy atom. The lowest BCUT2D eigenvalue weighted by molar-refractivity contribution is 0.195. The maximum Gasteiger partial charge on any atom is 0.145 e. The van der Waals surface area contributed by atoms with Gasteiger partial charge in [-0.15, -0.1) is 11.3 Å². The van der Waals surface area contributed by atoms with Crippen molar-refractivity contribution in [1.82, 2.24) is 0 Å². The third-order valence-electron chi connectivity index (χ3n) is 2.83. The van der Waals surface area contributed by atoms with Gasteiger partial charge in [-0.2, -0.15) is 0 Å². The summed E-state index contributed by atoms with van der Waals surface area (Å²) in [6.07, 6.45) is -0.569. The molecule has 1 atom stereocenters. The summed E-state index contributed by atoms with van der Waals surface area (Å²) in [7, 11) is 3.12. The van der Waals surface area contributed by atoms with Gasteiger partial charge in [-0.25, -0.2) is 0 Å². The Balaban J connectivity index is 2.11. The molecular weight excluding hydrogens is 298 g/mol. The fourth-order valence-corrected chi connectivity index (χ4v) is 2.74. The molecule has 1 aromatic heterocycles. The molecule has 4 nitrogen and oxygen atoms in total. The molecule has 1 unspecified atom stereocenters. The second-order valence-corrected chi connectivity index (χ2v) is 5.49. The Labute approximate surface area is 126 Å². The lowest BCUT2D eigenvalue weighted by Gasteiger charge is -2.15. The monoisotopic (exact) mass is 313 g/mol. The fraction of sp³-hybridized carbons (Fsp3) is 0.286. The Hall–Kier alpha value is -1.43. The highest BCUT2D eigenvalue weighted by molar-refractivity contribution is 7.10. The van der Waals surface area contributed by atoms with E-state index in [4.69, 9.17) is 21.1 Å². The Morgan fingerprint density at radius 3 is 2.65 bits per heavy atom. The van der Waals surface area contributed by atoms with Gasteiger partial charge in [-0.3, -0.25) is 0 Å². The largest absolute Gasteiger partial charge is 0.495 e. The average Bonchev–Trinajstić information content (AvgIpc) is 2.99. The van der Waals surface area contributed by atoms with E-state index in [0.29, 0.717) is 28.8 Å². The van der Waals surface area contributed by atoms with Gasteiger partial charge in [-0.1, -0.05) is 17.7 Å². The number of nitrogens with one attached hydrogen (secondary N) is 1. The molecule has 20 heavy (non-hydrogen) atoms. The molecule has 2 rings (SSSR count). The number of methoxy groups -OCH3 is 2. The number of hydrogen-bond acceptors (Lipinski definition) is 5. The van der Waals surface area contributed by atoms with E-state index in [2.05, 4.69) is 5.32 Å². The van der Waals surface area contributed by atoms with Gasteiger partial charge in [0.2, 0.25) is 0 Å². The Kier molecular flexibility index (Phi) is 5.11. The summed E-state index contributed by atoms with van der Waals surface area (Å²) < 4.78 is 10.4. The predicted molar refractivity (Wildman–Crippen MR) is 82.3 cm³/mol. The Bertz CT molecular complexity index is 560. The molecule has 0 saturated heterocycles. The van der Waals surface area contributed by atoms with E-state index in [9.17, 15) is 5.11 Å². The molecule has 2 N–H and O–H groups in total. The number of hydrogen-bond donors (Lipinski definition) is 2. The molecule has 0 aliphatic rings. The van der Waals surface area contributed by atoms with Crippen molar-refractivity contribution in [3.05, 3.63) is 39.5 Å². The van der Waals surface area contributed by atoms with Gasteiger partial charge in [0.1, 0.15) is 17.6 Å². The number of ether oxygens (including phenoxy) is 2. The molecule has 0 bridgehead atoms. The molecule has 108 valence electrons. The summed E-state index contributed by atoms with van der Waals surface area (Å²) in [4.78, 5) is 0.913. The van der Waals surface area contributed by atoms with Gasteiger partial charge < -0.3 is 19.9 Å². The summed E-state index contributed by atoms with van der Waals surface area (Å²) >= 11 is 7.61. The van der Waals surface area contributed by atoms with Gasteiger partial charge in [-0.05, 0) is 17.5 Å². The summed E-state index contributed by atoms with van der Waals surface area (Å²) in [6, 6.07) is 7.24. The van der Waals surface area contributed by atoms with Crippen molar-refractivity contribution in [2.45, 2.75) is 6.10 Å². The molecule has 0 fully saturated rings. The second kappa shape index (κ2) is 6.83. The molecule has 0 aliphatic heterocycles. The number of halogens is 1. The highest BCUT2D eigenvalue weighted by Gasteiger charge is 2.12. The zero-order valence-corrected chi connectivity index (χ0v) is 12.8. The van der Waals surface area contributed by atoms with Crippen LogP contribution in [0.3, 0.4) is 0 Å². The Morgan fingerprint density at radius 2 is 2.05 bits per heavy atom. The van der Waals surface area contributed by atoms with Crippen LogP contribution in [-0.4, -0.2) is 25.9 Å². The van der Waals surface area contributed by atoms with Crippen LogP contribution in [0.4, 0.5) is 5.69 Å². The van der Waals surface area contributed by atoms with Crippen LogP contribution in [0.5, 0.6) is 11.5 Å². The van der Waals surface area contributed by atoms with Crippen LogP contribution in [-0.2, 0) is 0 Å². The molecule has 1 aromatic carbocycles. The molecule has 0 saturated carbocycles. The van der Waals surface area contributed by atoms with Crippen LogP contribution in [0.15, 0.2) is 29.6 Å². The number of thiophene rings is 1. The van der Waals surface area contributed by atoms with Gasteiger partial charge in [0.25, 0.3) is 0 Å². The van der Waals surface area contributed by atoms with Crippen LogP contribution in [0, 0.1) is 0 Å². The first-order valence-electron chi connectivity index (χ1n) is 6.02. The SMILES string of the molecule is COc1cc(OC)c(NCC(O)c2cccs2)cc1Cl. The first-order valence-corrected chi connectivity index (χ1v) is 7.28. The highest BCUT2D eigenvalue weighted by atomic mass is 35.5. The number of anilines is 1. The molecule has 2 aromatic rings. The number of benzene rings is 1. The molecule has 0 amide bonds. The molecule has 6 heteroatoms. The zero-order chi connectivity index (χ0) is 14.5. The quantitative estimate of drug-likeness (QED) is 0.856. The van der Waals surface area contributed by atoms with Crippen LogP contribution in [0.1, 0.15) is 11.0 Å². The van der Waals surface area contributed by atoms with Crippen molar-refractivity contribution >= 4 is 28.6 Å². The van der Waals surface area contributed by atoms with E-state index in [-0.39, 0.29) is 0 Å². The third kappa shape index (κ3) is 3.36. The van der Waals surface area contributed by atoms with Crippen molar-refractivity contribution < 1.29 is 14.6 Å². The van der Waals surface area contributed by atoms with Gasteiger partial charge in [0.05, 0.1) is 24.9 Å². The topological polar surface area (TPSA) is 50.7 Å². The fourth-order valence-electron chi connectivity index (χ4n) is 1.79. The van der Waals surface area contributed by atoms with Crippen molar-refractivity contribution in [2.24, 2.45) is 0 Å². The van der Waals surface area contributed by atoms with E-state index in [1.165, 1.54) is 11.3 Å². The summed E-state index contributed by atoms with van der Waals surface area (Å²) in [5.74, 6) is 1.16. The normalized spacial score (nSPS) is 12.0. The number of aliphatic hydroxyl groups is 1. The first kappa shape index (κ1) is 15.0. The zero-order valence-electron chi connectivity index (χ0n) is 11.2. The summed E-state index contributed by atoms with van der Waals surface area (Å²) in [5, 5.41) is 15.6. The van der Waals surface area contributed by atoms with Gasteiger partial charge in [0.15, 0.2) is 0 Å². The highest BCUT2D eigenvalue weighted by Crippen LogP contribution is 2.36. The van der Waals surface area contributed by atoms with Crippen LogP contribution in [0.2, 0.25) is 5.02 Å². The molecular formula is C14H16ClNO3S. The van der Waals surface area contributed by atoms with E-state index < -0.39 is 6.10 Å². The summed E-state index contributed by atoms with van der Waals surface area (Å²) in [6.45, 7) is 0.375. The average molecular weight is 314 g/mol. The van der Waals surface area contributed by atoms with Gasteiger partial charge >= 0.3 is 0 Å². The second-order valence-electron chi connectivity index (χ2n) is 4.10. The first-order chi connectivity index (χ1) is 9.65. The lowest BCUT2D eigenvalue weighted by atomic mass is 10.2. The molecule has 0 aliphatic carbocycles. The minimum absolute atomic E-state index is 0.375. The maximum absolute atomic E-state index is 10.1. The lowest BCUT2D eigenvalue weighted by Crippen LogP contribution is -2.11. The summed E-state index contributed by atoms with van der Waals surface area (Å²) in [5.41, 5.74) is 0.717. The molecule has 0 spiro atoms. The van der Waals surface area contributed by atoms with Gasteiger partial charge in [0, 0.05) is 17.5 Å². The minimum atomic E-state index is -0.569. The van der Waals surface area contributed by atoms with Crippen molar-refractivity contribution in [1.29, 1.82) is 0 Å². The predicted octanol–water partition coefficient (Wildman–Crippen LogP) is 3.56. The molecule has 0 radical (unpaired) electrons. The van der Waals surface area contributed by atoms with Crippen LogP contribution in [0.25, 0.3) is 0 Å². The standard InChI is InChI=1S/C14H16ClNO3S/c1-18-12-7-13(19-2)10(6-9(12)15)16-8-11(17)14-4-3-5-20-14/h3-7,11,16-17H,8H2,1-2H3. The van der Waals surface area contributed by atoms with Crippen molar-refractivity contribution in [3.8, 4) is 11.5 Å². The van der Waals surface area contributed by atoms with Crippen molar-refractivity contribution in [3.63, 3.8) is 0 Å². The van der Waals surface area contributed by atoms with Crippen LogP contribution >= 0.6 is 22.9 Å². The smallest absolute Gasteiger partial charge is 0.145 e. The van der Waals surface area contributed by atoms with E-state index in [1.807, 2.05) is 17.5 Å². The molecule has 1 heterocycles. The minimum Gasteiger partial charge on any atom is -0.495 e. The maximum atomic E-state index is 10.1. The van der Waals surface area contributed by atoms with E-state index in [0.717, 1.165) is 4.88 Å². The van der Waals surface area contributed by atoms with E-state index in [1.54, 1.807) is 26.4 Å². The third-order valence-corrected chi connectivity index (χ3v) is 4.10.